The molecule has 3 aromatic heterocycles. The van der Waals surface area contributed by atoms with Crippen LogP contribution in [-0.2, 0) is 16.1 Å². The zero-order valence-corrected chi connectivity index (χ0v) is 20.0. The van der Waals surface area contributed by atoms with Crippen molar-refractivity contribution >= 4 is 23.1 Å². The van der Waals surface area contributed by atoms with Crippen molar-refractivity contribution in [2.75, 3.05) is 14.2 Å². The van der Waals surface area contributed by atoms with Crippen molar-refractivity contribution in [3.63, 3.8) is 0 Å². The van der Waals surface area contributed by atoms with E-state index in [1.807, 2.05) is 12.1 Å². The highest BCUT2D eigenvalue weighted by Gasteiger charge is 2.45. The Bertz CT molecular complexity index is 1510. The number of ether oxygens (including phenoxy) is 2. The fourth-order valence-corrected chi connectivity index (χ4v) is 4.64. The Balaban J connectivity index is 1.73. The van der Waals surface area contributed by atoms with Crippen molar-refractivity contribution in [2.45, 2.75) is 19.5 Å². The van der Waals surface area contributed by atoms with Gasteiger partial charge in [0, 0.05) is 23.4 Å². The summed E-state index contributed by atoms with van der Waals surface area (Å²) in [5.41, 5.74) is 2.52. The summed E-state index contributed by atoms with van der Waals surface area (Å²) in [4.78, 5) is 35.6. The Morgan fingerprint density at radius 1 is 1.08 bits per heavy atom. The number of hydrogen-bond donors (Lipinski definition) is 0. The van der Waals surface area contributed by atoms with Crippen LogP contribution in [-0.4, -0.2) is 40.2 Å². The molecular weight excluding hydrogens is 460 g/mol. The van der Waals surface area contributed by atoms with E-state index in [9.17, 15) is 14.7 Å². The first-order valence-electron chi connectivity index (χ1n) is 11.3. The predicted molar refractivity (Wildman–Crippen MR) is 128 cm³/mol. The van der Waals surface area contributed by atoms with E-state index in [1.54, 1.807) is 66.3 Å². The van der Waals surface area contributed by atoms with Crippen LogP contribution in [0.2, 0.25) is 0 Å². The van der Waals surface area contributed by atoms with Gasteiger partial charge in [0.1, 0.15) is 5.65 Å². The monoisotopic (exact) mass is 484 g/mol. The first kappa shape index (κ1) is 23.1. The van der Waals surface area contributed by atoms with Gasteiger partial charge in [-0.1, -0.05) is 17.9 Å². The van der Waals surface area contributed by atoms with Crippen LogP contribution >= 0.6 is 0 Å². The molecule has 4 aromatic rings. The maximum Gasteiger partial charge on any atom is 0.295 e. The van der Waals surface area contributed by atoms with E-state index in [0.29, 0.717) is 28.4 Å². The Morgan fingerprint density at radius 2 is 1.89 bits per heavy atom. The number of H-pyrrole nitrogens is 1. The SMILES string of the molecule is COc1ccc(C2C(=C([O-])c3c(C)nc4ccccn34)C(=O)C(=O)N2Cc2ccc[nH+]c2)cc1OC. The van der Waals surface area contributed by atoms with Crippen molar-refractivity contribution in [3.05, 3.63) is 95.2 Å². The molecule has 0 spiro atoms. The van der Waals surface area contributed by atoms with Gasteiger partial charge in [0.2, 0.25) is 5.78 Å². The average molecular weight is 485 g/mol. The molecule has 9 heteroatoms. The number of aromatic amines is 1. The second kappa shape index (κ2) is 9.18. The second-order valence-electron chi connectivity index (χ2n) is 8.41. The van der Waals surface area contributed by atoms with E-state index >= 15 is 0 Å². The van der Waals surface area contributed by atoms with Crippen LogP contribution in [0.3, 0.4) is 0 Å². The summed E-state index contributed by atoms with van der Waals surface area (Å²) in [6.45, 7) is 1.84. The largest absolute Gasteiger partial charge is 0.871 e. The molecule has 1 aliphatic heterocycles. The van der Waals surface area contributed by atoms with Crippen LogP contribution in [0.25, 0.3) is 11.4 Å². The molecular formula is C27H24N4O5. The lowest BCUT2D eigenvalue weighted by atomic mass is 9.95. The molecule has 1 atom stereocenters. The Labute approximate surface area is 207 Å². The highest BCUT2D eigenvalue weighted by Crippen LogP contribution is 2.42. The number of rotatable bonds is 6. The van der Waals surface area contributed by atoms with Crippen molar-refractivity contribution in [1.82, 2.24) is 14.3 Å². The number of aryl methyl sites for hydroxylation is 1. The number of Topliss-reactive ketones (excluding diaryl/α,β-unsaturated/α-hetero) is 1. The summed E-state index contributed by atoms with van der Waals surface area (Å²) in [7, 11) is 3.02. The van der Waals surface area contributed by atoms with Gasteiger partial charge in [0.25, 0.3) is 5.91 Å². The molecule has 36 heavy (non-hydrogen) atoms. The second-order valence-corrected chi connectivity index (χ2v) is 8.41. The molecule has 0 aliphatic carbocycles. The summed E-state index contributed by atoms with van der Waals surface area (Å²) >= 11 is 0. The minimum absolute atomic E-state index is 0.124. The van der Waals surface area contributed by atoms with E-state index < -0.39 is 23.5 Å². The number of imidazole rings is 1. The van der Waals surface area contributed by atoms with Crippen LogP contribution in [0.1, 0.15) is 28.6 Å². The van der Waals surface area contributed by atoms with E-state index in [1.165, 1.54) is 19.1 Å². The molecule has 4 heterocycles. The lowest BCUT2D eigenvalue weighted by molar-refractivity contribution is -0.378. The standard InChI is InChI=1S/C27H24N4O5/c1-16-23(30-12-5-4-8-21(30)29-16)25(32)22-24(18-9-10-19(35-2)20(13-18)36-3)31(27(34)26(22)33)15-17-7-6-11-28-14-17/h4-14,24,32H,15H2,1-3H3. The van der Waals surface area contributed by atoms with E-state index in [2.05, 4.69) is 9.97 Å². The van der Waals surface area contributed by atoms with Crippen molar-refractivity contribution in [1.29, 1.82) is 0 Å². The number of ketones is 1. The highest BCUT2D eigenvalue weighted by molar-refractivity contribution is 6.46. The number of fused-ring (bicyclic) bond motifs is 1. The molecule has 1 fully saturated rings. The summed E-state index contributed by atoms with van der Waals surface area (Å²) < 4.78 is 12.5. The molecule has 1 N–H and O–H groups in total. The Kier molecular flexibility index (Phi) is 5.89. The van der Waals surface area contributed by atoms with Gasteiger partial charge in [-0.25, -0.2) is 9.97 Å². The zero-order valence-electron chi connectivity index (χ0n) is 20.0. The molecule has 1 saturated heterocycles. The number of carbonyl (C=O) groups excluding carboxylic acids is 2. The summed E-state index contributed by atoms with van der Waals surface area (Å²) in [5.74, 6) is -1.19. The number of likely N-dealkylation sites (tertiary alicyclic amines) is 1. The summed E-state index contributed by atoms with van der Waals surface area (Å²) in [6, 6.07) is 13.2. The smallest absolute Gasteiger partial charge is 0.295 e. The van der Waals surface area contributed by atoms with Crippen molar-refractivity contribution in [2.24, 2.45) is 0 Å². The minimum atomic E-state index is -0.925. The maximum absolute atomic E-state index is 14.0. The molecule has 0 bridgehead atoms. The number of hydrogen-bond acceptors (Lipinski definition) is 6. The van der Waals surface area contributed by atoms with Gasteiger partial charge in [-0.2, -0.15) is 0 Å². The highest BCUT2D eigenvalue weighted by atomic mass is 16.5. The van der Waals surface area contributed by atoms with Crippen LogP contribution in [0, 0.1) is 6.92 Å². The maximum atomic E-state index is 14.0. The first-order valence-corrected chi connectivity index (χ1v) is 11.3. The molecule has 1 aliphatic rings. The molecule has 1 amide bonds. The fourth-order valence-electron chi connectivity index (χ4n) is 4.64. The third-order valence-corrected chi connectivity index (χ3v) is 6.30. The molecule has 1 unspecified atom stereocenters. The molecule has 182 valence electrons. The quantitative estimate of drug-likeness (QED) is 0.235. The van der Waals surface area contributed by atoms with Gasteiger partial charge in [0.05, 0.1) is 38.2 Å². The van der Waals surface area contributed by atoms with E-state index in [4.69, 9.17) is 9.47 Å². The molecule has 0 radical (unpaired) electrons. The molecule has 1 aromatic carbocycles. The number of aromatic nitrogens is 3. The van der Waals surface area contributed by atoms with Crippen molar-refractivity contribution in [3.8, 4) is 11.5 Å². The Hall–Kier alpha value is -4.66. The zero-order chi connectivity index (χ0) is 25.4. The normalized spacial score (nSPS) is 17.1. The van der Waals surface area contributed by atoms with E-state index in [-0.39, 0.29) is 17.8 Å². The first-order chi connectivity index (χ1) is 17.4. The fraction of sp³-hybridized carbons (Fsp3) is 0.185. The Morgan fingerprint density at radius 3 is 2.61 bits per heavy atom. The van der Waals surface area contributed by atoms with Crippen molar-refractivity contribution < 1.29 is 29.2 Å². The number of carbonyl (C=O) groups is 2. The van der Waals surface area contributed by atoms with Gasteiger partial charge in [0.15, 0.2) is 23.9 Å². The van der Waals surface area contributed by atoms with Crippen LogP contribution < -0.4 is 19.6 Å². The van der Waals surface area contributed by atoms with Crippen LogP contribution in [0.15, 0.2) is 72.7 Å². The molecule has 5 rings (SSSR count). The minimum Gasteiger partial charge on any atom is -0.871 e. The van der Waals surface area contributed by atoms with E-state index in [0.717, 1.165) is 5.56 Å². The lowest BCUT2D eigenvalue weighted by Gasteiger charge is -2.27. The predicted octanol–water partition coefficient (Wildman–Crippen LogP) is 1.90. The molecule has 9 nitrogen and oxygen atoms in total. The van der Waals surface area contributed by atoms with Crippen LogP contribution in [0.4, 0.5) is 0 Å². The summed E-state index contributed by atoms with van der Waals surface area (Å²) in [6.07, 6.45) is 5.21. The number of pyridine rings is 2. The van der Waals surface area contributed by atoms with Gasteiger partial charge < -0.3 is 23.9 Å². The van der Waals surface area contributed by atoms with Gasteiger partial charge >= 0.3 is 0 Å². The number of benzene rings is 1. The number of nitrogens with zero attached hydrogens (tertiary/aromatic N) is 3. The molecule has 0 saturated carbocycles. The van der Waals surface area contributed by atoms with Gasteiger partial charge in [-0.15, -0.1) is 0 Å². The number of nitrogens with one attached hydrogen (secondary N) is 1. The number of amides is 1. The third-order valence-electron chi connectivity index (χ3n) is 6.30. The third kappa shape index (κ3) is 3.74. The summed E-state index contributed by atoms with van der Waals surface area (Å²) in [5, 5.41) is 14.0. The van der Waals surface area contributed by atoms with Crippen LogP contribution in [0.5, 0.6) is 11.5 Å². The number of methoxy groups -OCH3 is 2. The van der Waals surface area contributed by atoms with Gasteiger partial charge in [-0.3, -0.25) is 9.59 Å². The lowest BCUT2D eigenvalue weighted by Crippen LogP contribution is -2.29. The topological polar surface area (TPSA) is 110 Å². The average Bonchev–Trinajstić information content (AvgIpc) is 3.37. The van der Waals surface area contributed by atoms with Gasteiger partial charge in [-0.05, 0) is 42.8 Å².